The van der Waals surface area contributed by atoms with Gasteiger partial charge in [0.15, 0.2) is 0 Å². The second kappa shape index (κ2) is 12.4. The third kappa shape index (κ3) is 7.55. The third-order valence-corrected chi connectivity index (χ3v) is 6.80. The molecule has 0 aliphatic carbocycles. The number of hydrogen-bond acceptors (Lipinski definition) is 5. The number of benzene rings is 3. The summed E-state index contributed by atoms with van der Waals surface area (Å²) in [5.74, 6) is -0.385. The van der Waals surface area contributed by atoms with Crippen LogP contribution < -0.4 is 19.5 Å². The summed E-state index contributed by atoms with van der Waals surface area (Å²) in [6, 6.07) is 20.1. The molecule has 0 fully saturated rings. The lowest BCUT2D eigenvalue weighted by molar-refractivity contribution is -0.275. The molecule has 0 atom stereocenters. The van der Waals surface area contributed by atoms with Crippen molar-refractivity contribution in [3.63, 3.8) is 0 Å². The van der Waals surface area contributed by atoms with E-state index in [1.807, 2.05) is 37.3 Å². The summed E-state index contributed by atoms with van der Waals surface area (Å²) in [6.07, 6.45) is -9.66. The van der Waals surface area contributed by atoms with Gasteiger partial charge in [0.05, 0.1) is 18.4 Å². The monoisotopic (exact) mass is 593 g/mol. The van der Waals surface area contributed by atoms with Gasteiger partial charge in [-0.15, -0.1) is 26.3 Å². The van der Waals surface area contributed by atoms with Crippen LogP contribution >= 0.6 is 0 Å². The van der Waals surface area contributed by atoms with Gasteiger partial charge in [-0.1, -0.05) is 54.6 Å². The van der Waals surface area contributed by atoms with Crippen molar-refractivity contribution in [3.05, 3.63) is 107 Å². The number of aromatic nitrogens is 2. The highest BCUT2D eigenvalue weighted by molar-refractivity contribution is 5.47. The summed E-state index contributed by atoms with van der Waals surface area (Å²) in [6.45, 7) is 2.17. The minimum Gasteiger partial charge on any atom is -0.481 e. The van der Waals surface area contributed by atoms with Gasteiger partial charge in [-0.05, 0) is 54.3 Å². The Labute approximate surface area is 238 Å². The van der Waals surface area contributed by atoms with Gasteiger partial charge < -0.3 is 19.5 Å². The van der Waals surface area contributed by atoms with Gasteiger partial charge >= 0.3 is 12.7 Å². The molecule has 42 heavy (non-hydrogen) atoms. The molecule has 4 aromatic rings. The molecule has 1 aromatic heterocycles. The molecule has 0 saturated carbocycles. The van der Waals surface area contributed by atoms with Gasteiger partial charge in [-0.3, -0.25) is 0 Å². The maximum atomic E-state index is 13.2. The first-order valence-electron chi connectivity index (χ1n) is 12.8. The van der Waals surface area contributed by atoms with E-state index in [9.17, 15) is 26.3 Å². The SMILES string of the molecule is COc1c(CNCC(Cc2ccccc2)(c2cccc(OC(F)(F)F)c2)c2cccc(OC(F)(F)F)c2)c(C)nn1C. The molecule has 6 nitrogen and oxygen atoms in total. The Balaban J connectivity index is 1.86. The normalized spacial score (nSPS) is 12.3. The van der Waals surface area contributed by atoms with Gasteiger partial charge in [-0.25, -0.2) is 4.68 Å². The number of ether oxygens (including phenoxy) is 3. The number of nitrogens with zero attached hydrogens (tertiary/aromatic N) is 2. The second-order valence-corrected chi connectivity index (χ2v) is 9.70. The zero-order valence-electron chi connectivity index (χ0n) is 23.0. The summed E-state index contributed by atoms with van der Waals surface area (Å²) in [5.41, 5.74) is 1.87. The van der Waals surface area contributed by atoms with Gasteiger partial charge in [0.2, 0.25) is 5.88 Å². The summed E-state index contributed by atoms with van der Waals surface area (Å²) >= 11 is 0. The first-order chi connectivity index (χ1) is 19.8. The van der Waals surface area contributed by atoms with E-state index in [2.05, 4.69) is 19.9 Å². The van der Waals surface area contributed by atoms with Crippen LogP contribution in [0.2, 0.25) is 0 Å². The predicted molar refractivity (Wildman–Crippen MR) is 143 cm³/mol. The molecule has 224 valence electrons. The van der Waals surface area contributed by atoms with Crippen LogP contribution in [0.4, 0.5) is 26.3 Å². The maximum absolute atomic E-state index is 13.2. The van der Waals surface area contributed by atoms with E-state index < -0.39 is 29.6 Å². The van der Waals surface area contributed by atoms with Crippen molar-refractivity contribution < 1.29 is 40.6 Å². The van der Waals surface area contributed by atoms with E-state index in [0.29, 0.717) is 22.7 Å². The molecule has 1 N–H and O–H groups in total. The number of nitrogens with one attached hydrogen (secondary N) is 1. The summed E-state index contributed by atoms with van der Waals surface area (Å²) in [5, 5.41) is 7.74. The van der Waals surface area contributed by atoms with Crippen molar-refractivity contribution in [2.45, 2.75) is 38.0 Å². The van der Waals surface area contributed by atoms with E-state index in [4.69, 9.17) is 4.74 Å². The molecule has 0 unspecified atom stereocenters. The minimum atomic E-state index is -4.94. The molecular weight excluding hydrogens is 564 g/mol. The number of aryl methyl sites for hydroxylation is 2. The van der Waals surface area contributed by atoms with Crippen LogP contribution in [0.1, 0.15) is 27.9 Å². The molecule has 0 aliphatic rings. The van der Waals surface area contributed by atoms with Gasteiger partial charge in [-0.2, -0.15) is 5.10 Å². The Morgan fingerprint density at radius 2 is 1.33 bits per heavy atom. The zero-order valence-corrected chi connectivity index (χ0v) is 23.0. The van der Waals surface area contributed by atoms with Crippen molar-refractivity contribution in [3.8, 4) is 17.4 Å². The topological polar surface area (TPSA) is 57.5 Å². The summed E-state index contributed by atoms with van der Waals surface area (Å²) in [4.78, 5) is 0. The minimum absolute atomic E-state index is 0.102. The standard InChI is InChI=1S/C30H29F6N3O3/c1-20-26(27(40-3)39(2)38-20)18-37-19-28(17-21-9-5-4-6-10-21,22-11-7-13-24(15-22)41-29(31,32)33)23-12-8-14-25(16-23)42-30(34,35)36/h4-16,37H,17-19H2,1-3H3. The van der Waals surface area contributed by atoms with Crippen LogP contribution in [-0.4, -0.2) is 36.2 Å². The summed E-state index contributed by atoms with van der Waals surface area (Å²) < 4.78 is 94.5. The molecule has 0 spiro atoms. The van der Waals surface area contributed by atoms with Gasteiger partial charge in [0.1, 0.15) is 11.5 Å². The Hall–Kier alpha value is -4.19. The fraction of sp³-hybridized carbons (Fsp3) is 0.300. The van der Waals surface area contributed by atoms with Crippen LogP contribution in [0, 0.1) is 6.92 Å². The van der Waals surface area contributed by atoms with Crippen LogP contribution in [0.3, 0.4) is 0 Å². The van der Waals surface area contributed by atoms with Crippen LogP contribution in [0.5, 0.6) is 17.4 Å². The van der Waals surface area contributed by atoms with Crippen molar-refractivity contribution in [1.29, 1.82) is 0 Å². The van der Waals surface area contributed by atoms with E-state index in [1.54, 1.807) is 23.9 Å². The highest BCUT2D eigenvalue weighted by Crippen LogP contribution is 2.40. The molecular formula is C30H29F6N3O3. The molecule has 0 saturated heterocycles. The molecule has 0 amide bonds. The van der Waals surface area contributed by atoms with Crippen LogP contribution in [-0.2, 0) is 25.4 Å². The largest absolute Gasteiger partial charge is 0.573 e. The molecule has 0 aliphatic heterocycles. The number of rotatable bonds is 11. The maximum Gasteiger partial charge on any atom is 0.573 e. The van der Waals surface area contributed by atoms with Crippen molar-refractivity contribution in [2.75, 3.05) is 13.7 Å². The van der Waals surface area contributed by atoms with E-state index >= 15 is 0 Å². The number of methoxy groups -OCH3 is 1. The third-order valence-electron chi connectivity index (χ3n) is 6.80. The van der Waals surface area contributed by atoms with Crippen LogP contribution in [0.25, 0.3) is 0 Å². The predicted octanol–water partition coefficient (Wildman–Crippen LogP) is 6.85. The zero-order chi connectivity index (χ0) is 30.5. The van der Waals surface area contributed by atoms with Crippen molar-refractivity contribution in [1.82, 2.24) is 15.1 Å². The average molecular weight is 594 g/mol. The lowest BCUT2D eigenvalue weighted by Crippen LogP contribution is -2.41. The quantitative estimate of drug-likeness (QED) is 0.193. The highest BCUT2D eigenvalue weighted by Gasteiger charge is 2.38. The molecule has 0 radical (unpaired) electrons. The van der Waals surface area contributed by atoms with E-state index in [1.165, 1.54) is 43.5 Å². The average Bonchev–Trinajstić information content (AvgIpc) is 3.18. The van der Waals surface area contributed by atoms with Gasteiger partial charge in [0.25, 0.3) is 0 Å². The van der Waals surface area contributed by atoms with Gasteiger partial charge in [0, 0.05) is 25.6 Å². The van der Waals surface area contributed by atoms with E-state index in [0.717, 1.165) is 11.1 Å². The number of halogens is 6. The summed E-state index contributed by atoms with van der Waals surface area (Å²) in [7, 11) is 3.24. The molecule has 3 aromatic carbocycles. The number of hydrogen-bond donors (Lipinski definition) is 1. The number of alkyl halides is 6. The van der Waals surface area contributed by atoms with Crippen LogP contribution in [0.15, 0.2) is 78.9 Å². The lowest BCUT2D eigenvalue weighted by Gasteiger charge is -2.36. The molecule has 4 rings (SSSR count). The first kappa shape index (κ1) is 30.8. The highest BCUT2D eigenvalue weighted by atomic mass is 19.4. The second-order valence-electron chi connectivity index (χ2n) is 9.70. The van der Waals surface area contributed by atoms with Crippen molar-refractivity contribution >= 4 is 0 Å². The Kier molecular flexibility index (Phi) is 9.05. The Morgan fingerprint density at radius 3 is 1.83 bits per heavy atom. The lowest BCUT2D eigenvalue weighted by atomic mass is 9.70. The van der Waals surface area contributed by atoms with Crippen molar-refractivity contribution in [2.24, 2.45) is 7.05 Å². The van der Waals surface area contributed by atoms with E-state index in [-0.39, 0.29) is 19.5 Å². The fourth-order valence-corrected chi connectivity index (χ4v) is 5.10. The molecule has 1 heterocycles. The smallest absolute Gasteiger partial charge is 0.481 e. The Bertz CT molecular complexity index is 1430. The fourth-order valence-electron chi connectivity index (χ4n) is 5.10. The Morgan fingerprint density at radius 1 is 0.786 bits per heavy atom. The molecule has 0 bridgehead atoms. The molecule has 12 heteroatoms. The first-order valence-corrected chi connectivity index (χ1v) is 12.8.